The number of aromatic nitrogens is 2. The van der Waals surface area contributed by atoms with Crippen LogP contribution in [0.4, 0.5) is 4.39 Å². The number of hydrogen-bond donors (Lipinski definition) is 0. The van der Waals surface area contributed by atoms with Gasteiger partial charge in [0.2, 0.25) is 11.7 Å². The minimum Gasteiger partial charge on any atom is -0.461 e. The summed E-state index contributed by atoms with van der Waals surface area (Å²) < 4.78 is 24.4. The molecule has 6 heteroatoms. The second kappa shape index (κ2) is 6.41. The summed E-state index contributed by atoms with van der Waals surface area (Å²) in [7, 11) is 0. The lowest BCUT2D eigenvalue weighted by Crippen LogP contribution is -2.28. The zero-order valence-electron chi connectivity index (χ0n) is 13.0. The number of rotatable bonds is 4. The number of nitrogens with zero attached hydrogens (tertiary/aromatic N) is 3. The van der Waals surface area contributed by atoms with Crippen LogP contribution in [0.5, 0.6) is 0 Å². The lowest BCUT2D eigenvalue weighted by atomic mass is 9.99. The fraction of sp³-hybridized carbons (Fsp3) is 0.222. The molecular formula is C18H16FN3O2. The molecule has 0 unspecified atom stereocenters. The van der Waals surface area contributed by atoms with Gasteiger partial charge in [-0.1, -0.05) is 29.4 Å². The van der Waals surface area contributed by atoms with Gasteiger partial charge in [-0.05, 0) is 30.2 Å². The highest BCUT2D eigenvalue weighted by atomic mass is 19.1. The lowest BCUT2D eigenvalue weighted by Gasteiger charge is -2.25. The Morgan fingerprint density at radius 3 is 2.83 bits per heavy atom. The van der Waals surface area contributed by atoms with Gasteiger partial charge >= 0.3 is 0 Å². The predicted molar refractivity (Wildman–Crippen MR) is 86.3 cm³/mol. The van der Waals surface area contributed by atoms with Gasteiger partial charge in [-0.15, -0.1) is 0 Å². The Hall–Kier alpha value is -2.73. The third kappa shape index (κ3) is 3.00. The van der Waals surface area contributed by atoms with Crippen LogP contribution >= 0.6 is 0 Å². The molecule has 122 valence electrons. The van der Waals surface area contributed by atoms with Gasteiger partial charge in [0.1, 0.15) is 5.82 Å². The first-order valence-corrected chi connectivity index (χ1v) is 7.82. The Bertz CT molecular complexity index is 855. The van der Waals surface area contributed by atoms with E-state index in [1.54, 1.807) is 24.5 Å². The van der Waals surface area contributed by atoms with Crippen LogP contribution in [-0.4, -0.2) is 28.1 Å². The maximum Gasteiger partial charge on any atom is 0.241 e. The molecule has 1 aliphatic heterocycles. The van der Waals surface area contributed by atoms with E-state index in [1.165, 1.54) is 6.07 Å². The van der Waals surface area contributed by atoms with Crippen LogP contribution < -0.4 is 0 Å². The number of furan rings is 1. The first-order chi connectivity index (χ1) is 11.8. The quantitative estimate of drug-likeness (QED) is 0.731. The van der Waals surface area contributed by atoms with Gasteiger partial charge in [0, 0.05) is 18.7 Å². The fourth-order valence-corrected chi connectivity index (χ4v) is 2.84. The molecule has 0 atom stereocenters. The molecule has 0 saturated carbocycles. The van der Waals surface area contributed by atoms with Crippen molar-refractivity contribution < 1.29 is 13.3 Å². The van der Waals surface area contributed by atoms with Crippen LogP contribution in [-0.2, 0) is 6.54 Å². The molecule has 1 aromatic carbocycles. The number of benzene rings is 1. The van der Waals surface area contributed by atoms with E-state index in [0.717, 1.165) is 25.1 Å². The topological polar surface area (TPSA) is 55.3 Å². The summed E-state index contributed by atoms with van der Waals surface area (Å²) >= 11 is 0. The highest BCUT2D eigenvalue weighted by molar-refractivity contribution is 5.67. The average Bonchev–Trinajstić information content (AvgIpc) is 3.27. The minimum atomic E-state index is -0.169. The van der Waals surface area contributed by atoms with E-state index in [0.29, 0.717) is 29.6 Å². The highest BCUT2D eigenvalue weighted by Gasteiger charge is 2.18. The molecule has 1 aliphatic rings. The zero-order valence-corrected chi connectivity index (χ0v) is 13.0. The smallest absolute Gasteiger partial charge is 0.241 e. The number of halogens is 1. The van der Waals surface area contributed by atoms with Gasteiger partial charge in [0.25, 0.3) is 0 Å². The molecule has 0 amide bonds. The first-order valence-electron chi connectivity index (χ1n) is 7.82. The maximum atomic E-state index is 13.9. The summed E-state index contributed by atoms with van der Waals surface area (Å²) in [5.41, 5.74) is 1.74. The van der Waals surface area contributed by atoms with Crippen LogP contribution in [0, 0.1) is 5.82 Å². The molecular weight excluding hydrogens is 309 g/mol. The van der Waals surface area contributed by atoms with Gasteiger partial charge < -0.3 is 8.94 Å². The summed E-state index contributed by atoms with van der Waals surface area (Å²) in [6, 6.07) is 10.5. The average molecular weight is 325 g/mol. The zero-order chi connectivity index (χ0) is 16.4. The molecule has 0 bridgehead atoms. The van der Waals surface area contributed by atoms with E-state index in [2.05, 4.69) is 21.1 Å². The molecule has 0 N–H and O–H groups in total. The van der Waals surface area contributed by atoms with Gasteiger partial charge in [-0.25, -0.2) is 4.39 Å². The summed E-state index contributed by atoms with van der Waals surface area (Å²) in [6.07, 6.45) is 4.43. The molecule has 0 aliphatic carbocycles. The van der Waals surface area contributed by atoms with Gasteiger partial charge in [0.15, 0.2) is 5.76 Å². The van der Waals surface area contributed by atoms with E-state index in [9.17, 15) is 4.39 Å². The Balaban J connectivity index is 1.42. The Morgan fingerprint density at radius 1 is 1.17 bits per heavy atom. The molecule has 3 heterocycles. The van der Waals surface area contributed by atoms with Crippen LogP contribution in [0.25, 0.3) is 17.2 Å². The number of hydrogen-bond acceptors (Lipinski definition) is 5. The summed E-state index contributed by atoms with van der Waals surface area (Å²) in [4.78, 5) is 6.53. The van der Waals surface area contributed by atoms with E-state index in [1.807, 2.05) is 12.1 Å². The van der Waals surface area contributed by atoms with Gasteiger partial charge in [-0.2, -0.15) is 4.98 Å². The van der Waals surface area contributed by atoms with Crippen LogP contribution in [0.1, 0.15) is 17.9 Å². The standard InChI is InChI=1S/C18H16FN3O2/c19-15-5-2-1-4-14(15)13-7-9-22(10-8-13)12-17-20-18(21-24-17)16-6-3-11-23-16/h1-7,11H,8-10,12H2. The van der Waals surface area contributed by atoms with Crippen LogP contribution in [0.2, 0.25) is 0 Å². The van der Waals surface area contributed by atoms with Crippen LogP contribution in [0.3, 0.4) is 0 Å². The van der Waals surface area contributed by atoms with Gasteiger partial charge in [0.05, 0.1) is 12.8 Å². The Labute approximate surface area is 138 Å². The van der Waals surface area contributed by atoms with E-state index in [4.69, 9.17) is 8.94 Å². The van der Waals surface area contributed by atoms with Crippen LogP contribution in [0.15, 0.2) is 57.7 Å². The molecule has 3 aromatic rings. The first kappa shape index (κ1) is 14.8. The molecule has 0 fully saturated rings. The van der Waals surface area contributed by atoms with Crippen molar-refractivity contribution in [1.82, 2.24) is 15.0 Å². The highest BCUT2D eigenvalue weighted by Crippen LogP contribution is 2.25. The van der Waals surface area contributed by atoms with Crippen molar-refractivity contribution in [3.8, 4) is 11.6 Å². The molecule has 4 rings (SSSR count). The van der Waals surface area contributed by atoms with Crippen molar-refractivity contribution in [2.75, 3.05) is 13.1 Å². The Morgan fingerprint density at radius 2 is 2.08 bits per heavy atom. The van der Waals surface area contributed by atoms with E-state index >= 15 is 0 Å². The summed E-state index contributed by atoms with van der Waals surface area (Å²) in [5, 5.41) is 3.93. The van der Waals surface area contributed by atoms with Crippen molar-refractivity contribution in [2.45, 2.75) is 13.0 Å². The lowest BCUT2D eigenvalue weighted by molar-refractivity contribution is 0.245. The molecule has 5 nitrogen and oxygen atoms in total. The van der Waals surface area contributed by atoms with Gasteiger partial charge in [-0.3, -0.25) is 4.90 Å². The Kier molecular flexibility index (Phi) is 3.96. The second-order valence-corrected chi connectivity index (χ2v) is 5.68. The van der Waals surface area contributed by atoms with Crippen molar-refractivity contribution in [3.05, 3.63) is 66.0 Å². The molecule has 0 radical (unpaired) electrons. The van der Waals surface area contributed by atoms with E-state index < -0.39 is 0 Å². The van der Waals surface area contributed by atoms with Crippen molar-refractivity contribution in [3.63, 3.8) is 0 Å². The molecule has 24 heavy (non-hydrogen) atoms. The SMILES string of the molecule is Fc1ccccc1C1=CCN(Cc2nc(-c3ccco3)no2)CC1. The summed E-state index contributed by atoms with van der Waals surface area (Å²) in [5.74, 6) is 1.42. The molecule has 0 saturated heterocycles. The molecule has 2 aromatic heterocycles. The molecule has 0 spiro atoms. The minimum absolute atomic E-state index is 0.169. The predicted octanol–water partition coefficient (Wildman–Crippen LogP) is 3.76. The van der Waals surface area contributed by atoms with Crippen molar-refractivity contribution >= 4 is 5.57 Å². The monoisotopic (exact) mass is 325 g/mol. The summed E-state index contributed by atoms with van der Waals surface area (Å²) in [6.45, 7) is 2.11. The second-order valence-electron chi connectivity index (χ2n) is 5.68. The third-order valence-electron chi connectivity index (χ3n) is 4.08. The van der Waals surface area contributed by atoms with E-state index in [-0.39, 0.29) is 5.82 Å². The normalized spacial score (nSPS) is 15.5. The third-order valence-corrected chi connectivity index (χ3v) is 4.08. The van der Waals surface area contributed by atoms with Crippen molar-refractivity contribution in [1.29, 1.82) is 0 Å². The fourth-order valence-electron chi connectivity index (χ4n) is 2.84. The largest absolute Gasteiger partial charge is 0.461 e. The van der Waals surface area contributed by atoms with Crippen molar-refractivity contribution in [2.24, 2.45) is 0 Å². The maximum absolute atomic E-state index is 13.9.